The third kappa shape index (κ3) is 5.28. The second-order valence-electron chi connectivity index (χ2n) is 8.59. The molecule has 1 aliphatic rings. The summed E-state index contributed by atoms with van der Waals surface area (Å²) in [6, 6.07) is 9.66. The van der Waals surface area contributed by atoms with Crippen molar-refractivity contribution in [2.45, 2.75) is 39.8 Å². The highest BCUT2D eigenvalue weighted by Crippen LogP contribution is 2.35. The molecule has 0 spiro atoms. The minimum atomic E-state index is -0.738. The summed E-state index contributed by atoms with van der Waals surface area (Å²) in [4.78, 5) is 32.0. The number of benzene rings is 2. The lowest BCUT2D eigenvalue weighted by molar-refractivity contribution is -0.143. The zero-order chi connectivity index (χ0) is 26.9. The van der Waals surface area contributed by atoms with E-state index in [2.05, 4.69) is 4.99 Å². The normalized spacial score (nSPS) is 15.4. The molecule has 0 radical (unpaired) electrons. The predicted molar refractivity (Wildman–Crippen MR) is 142 cm³/mol. The first-order chi connectivity index (χ1) is 17.6. The van der Waals surface area contributed by atoms with Crippen LogP contribution in [0.2, 0.25) is 5.02 Å². The quantitative estimate of drug-likeness (QED) is 0.454. The molecule has 10 heteroatoms. The van der Waals surface area contributed by atoms with Gasteiger partial charge in [0.05, 0.1) is 46.7 Å². The van der Waals surface area contributed by atoms with Crippen molar-refractivity contribution in [1.29, 1.82) is 0 Å². The van der Waals surface area contributed by atoms with Gasteiger partial charge in [0.2, 0.25) is 0 Å². The number of aromatic nitrogens is 1. The van der Waals surface area contributed by atoms with Gasteiger partial charge in [0.15, 0.2) is 16.3 Å². The number of phenols is 1. The van der Waals surface area contributed by atoms with Crippen molar-refractivity contribution in [3.8, 4) is 17.2 Å². The van der Waals surface area contributed by atoms with Crippen LogP contribution in [0.15, 0.2) is 57.5 Å². The molecule has 2 aromatic carbocycles. The highest BCUT2D eigenvalue weighted by atomic mass is 35.5. The van der Waals surface area contributed by atoms with Crippen molar-refractivity contribution >= 4 is 35.0 Å². The molecule has 1 aromatic heterocycles. The molecule has 0 amide bonds. The molecule has 1 atom stereocenters. The van der Waals surface area contributed by atoms with E-state index in [-0.39, 0.29) is 28.2 Å². The van der Waals surface area contributed by atoms with E-state index in [9.17, 15) is 14.7 Å². The smallest absolute Gasteiger partial charge is 0.338 e. The third-order valence-electron chi connectivity index (χ3n) is 5.66. The van der Waals surface area contributed by atoms with E-state index in [0.717, 1.165) is 5.56 Å². The maximum Gasteiger partial charge on any atom is 0.338 e. The minimum Gasteiger partial charge on any atom is -0.503 e. The Bertz CT molecular complexity index is 1550. The van der Waals surface area contributed by atoms with Crippen LogP contribution in [0, 0.1) is 0 Å². The lowest BCUT2D eigenvalue weighted by Crippen LogP contribution is -2.40. The molecule has 0 bridgehead atoms. The predicted octanol–water partition coefficient (Wildman–Crippen LogP) is 3.95. The molecule has 0 saturated carbocycles. The number of carbonyl (C=O) groups is 1. The van der Waals surface area contributed by atoms with Crippen molar-refractivity contribution in [2.24, 2.45) is 4.99 Å². The number of carbonyl (C=O) groups excluding carboxylic acids is 1. The monoisotopic (exact) mass is 542 g/mol. The number of methoxy groups -OCH3 is 1. The van der Waals surface area contributed by atoms with Crippen molar-refractivity contribution in [2.75, 3.05) is 13.7 Å². The van der Waals surface area contributed by atoms with Crippen LogP contribution in [0.4, 0.5) is 0 Å². The van der Waals surface area contributed by atoms with Gasteiger partial charge in [-0.1, -0.05) is 35.1 Å². The molecule has 1 N–H and O–H groups in total. The topological polar surface area (TPSA) is 99.4 Å². The van der Waals surface area contributed by atoms with E-state index < -0.39 is 12.0 Å². The number of nitrogens with zero attached hydrogens (tertiary/aromatic N) is 2. The molecule has 0 aliphatic carbocycles. The summed E-state index contributed by atoms with van der Waals surface area (Å²) in [5.41, 5.74) is 1.74. The summed E-state index contributed by atoms with van der Waals surface area (Å²) in [6.07, 6.45) is 1.31. The number of halogens is 1. The van der Waals surface area contributed by atoms with Crippen molar-refractivity contribution < 1.29 is 24.1 Å². The van der Waals surface area contributed by atoms with E-state index in [4.69, 9.17) is 25.8 Å². The highest BCUT2D eigenvalue weighted by molar-refractivity contribution is 7.07. The molecule has 37 heavy (non-hydrogen) atoms. The van der Waals surface area contributed by atoms with E-state index >= 15 is 0 Å². The molecule has 4 rings (SSSR count). The number of esters is 1. The molecule has 0 fully saturated rings. The lowest BCUT2D eigenvalue weighted by atomic mass is 9.96. The van der Waals surface area contributed by atoms with E-state index in [0.29, 0.717) is 38.5 Å². The van der Waals surface area contributed by atoms with Crippen molar-refractivity contribution in [3.63, 3.8) is 0 Å². The SMILES string of the molecule is CCOc1ccc([C@@H]2C(C(=O)OC(C)C)=C(C)N=c3s/c(=C/c4cc(Cl)c(O)c(OC)c4)c(=O)n32)cc1. The summed E-state index contributed by atoms with van der Waals surface area (Å²) >= 11 is 7.33. The van der Waals surface area contributed by atoms with Gasteiger partial charge in [0.25, 0.3) is 5.56 Å². The largest absolute Gasteiger partial charge is 0.503 e. The average Bonchev–Trinajstić information content (AvgIpc) is 3.14. The summed E-state index contributed by atoms with van der Waals surface area (Å²) in [5.74, 6) is 0.166. The molecule has 3 aromatic rings. The van der Waals surface area contributed by atoms with Crippen molar-refractivity contribution in [1.82, 2.24) is 4.57 Å². The molecular formula is C27H27ClN2O6S. The van der Waals surface area contributed by atoms with Gasteiger partial charge in [-0.15, -0.1) is 0 Å². The van der Waals surface area contributed by atoms with Crippen LogP contribution in [0.25, 0.3) is 6.08 Å². The molecule has 194 valence electrons. The second kappa shape index (κ2) is 10.8. The average molecular weight is 543 g/mol. The number of fused-ring (bicyclic) bond motifs is 1. The van der Waals surface area contributed by atoms with Gasteiger partial charge in [-0.2, -0.15) is 0 Å². The molecular weight excluding hydrogens is 516 g/mol. The van der Waals surface area contributed by atoms with Gasteiger partial charge in [0, 0.05) is 0 Å². The Hall–Kier alpha value is -3.56. The van der Waals surface area contributed by atoms with Crippen LogP contribution in [-0.2, 0) is 9.53 Å². The number of phenolic OH excluding ortho intramolecular Hbond substituents is 1. The van der Waals surface area contributed by atoms with E-state index in [1.165, 1.54) is 29.1 Å². The van der Waals surface area contributed by atoms with Crippen LogP contribution in [0.5, 0.6) is 17.2 Å². The summed E-state index contributed by atoms with van der Waals surface area (Å²) in [7, 11) is 1.42. The summed E-state index contributed by atoms with van der Waals surface area (Å²) < 4.78 is 18.2. The Morgan fingerprint density at radius 2 is 1.97 bits per heavy atom. The van der Waals surface area contributed by atoms with Crippen molar-refractivity contribution in [3.05, 3.63) is 83.5 Å². The fraction of sp³-hybridized carbons (Fsp3) is 0.296. The Labute approximate surface area is 222 Å². The van der Waals surface area contributed by atoms with Crippen LogP contribution < -0.4 is 24.4 Å². The Morgan fingerprint density at radius 3 is 2.59 bits per heavy atom. The minimum absolute atomic E-state index is 0.0974. The molecule has 2 heterocycles. The number of allylic oxidation sites excluding steroid dienone is 1. The van der Waals surface area contributed by atoms with Crippen LogP contribution in [-0.4, -0.2) is 35.5 Å². The Morgan fingerprint density at radius 1 is 1.27 bits per heavy atom. The molecule has 0 saturated heterocycles. The summed E-state index contributed by atoms with van der Waals surface area (Å²) in [5, 5.41) is 10.2. The zero-order valence-electron chi connectivity index (χ0n) is 21.1. The first-order valence-corrected chi connectivity index (χ1v) is 12.9. The van der Waals surface area contributed by atoms with Gasteiger partial charge in [0.1, 0.15) is 5.75 Å². The number of rotatable bonds is 7. The van der Waals surface area contributed by atoms with Crippen LogP contribution >= 0.6 is 22.9 Å². The molecule has 1 aliphatic heterocycles. The second-order valence-corrected chi connectivity index (χ2v) is 10.0. The fourth-order valence-electron chi connectivity index (χ4n) is 4.07. The number of hydrogen-bond acceptors (Lipinski definition) is 8. The Kier molecular flexibility index (Phi) is 7.75. The molecule has 0 unspecified atom stereocenters. The van der Waals surface area contributed by atoms with E-state index in [1.807, 2.05) is 19.1 Å². The maximum atomic E-state index is 13.7. The first-order valence-electron chi connectivity index (χ1n) is 11.7. The maximum absolute atomic E-state index is 13.7. The van der Waals surface area contributed by atoms with Crippen LogP contribution in [0.3, 0.4) is 0 Å². The van der Waals surface area contributed by atoms with Gasteiger partial charge in [-0.25, -0.2) is 9.79 Å². The standard InChI is InChI=1S/C27H27ClN2O6S/c1-6-35-18-9-7-17(8-10-18)23-22(26(33)36-14(2)3)15(4)29-27-30(23)25(32)21(37-27)13-16-11-19(28)24(31)20(12-16)34-5/h7-14,23,31H,6H2,1-5H3/b21-13+/t23-/m1/s1. The van der Waals surface area contributed by atoms with E-state index in [1.54, 1.807) is 45.0 Å². The Balaban J connectivity index is 1.92. The number of hydrogen-bond donors (Lipinski definition) is 1. The van der Waals surface area contributed by atoms with Gasteiger partial charge in [-0.05, 0) is 69.2 Å². The van der Waals surface area contributed by atoms with Gasteiger partial charge < -0.3 is 19.3 Å². The van der Waals surface area contributed by atoms with Crippen LogP contribution in [0.1, 0.15) is 44.9 Å². The number of thiazole rings is 1. The van der Waals surface area contributed by atoms with Gasteiger partial charge in [-0.3, -0.25) is 9.36 Å². The highest BCUT2D eigenvalue weighted by Gasteiger charge is 2.33. The first kappa shape index (κ1) is 26.5. The van der Waals surface area contributed by atoms with Gasteiger partial charge >= 0.3 is 5.97 Å². The summed E-state index contributed by atoms with van der Waals surface area (Å²) in [6.45, 7) is 7.69. The molecule has 8 nitrogen and oxygen atoms in total. The third-order valence-corrected chi connectivity index (χ3v) is 6.93. The zero-order valence-corrected chi connectivity index (χ0v) is 22.6. The number of aromatic hydroxyl groups is 1. The lowest BCUT2D eigenvalue weighted by Gasteiger charge is -2.25. The number of ether oxygens (including phenoxy) is 3. The fourth-order valence-corrected chi connectivity index (χ4v) is 5.34.